The first kappa shape index (κ1) is 18.9. The highest BCUT2D eigenvalue weighted by molar-refractivity contribution is 5.90. The first-order valence-corrected chi connectivity index (χ1v) is 8.48. The van der Waals surface area contributed by atoms with E-state index < -0.39 is 0 Å². The summed E-state index contributed by atoms with van der Waals surface area (Å²) in [4.78, 5) is 25.5. The van der Waals surface area contributed by atoms with Crippen molar-refractivity contribution in [2.75, 3.05) is 32.6 Å². The highest BCUT2D eigenvalue weighted by atomic mass is 16.5. The molecule has 1 aliphatic rings. The van der Waals surface area contributed by atoms with Crippen LogP contribution in [-0.4, -0.2) is 44.1 Å². The fraction of sp³-hybridized carbons (Fsp3) is 0.556. The van der Waals surface area contributed by atoms with Gasteiger partial charge in [-0.05, 0) is 18.8 Å². The van der Waals surface area contributed by atoms with Crippen molar-refractivity contribution >= 4 is 17.6 Å². The third kappa shape index (κ3) is 4.35. The second-order valence-corrected chi connectivity index (χ2v) is 6.57. The Bertz CT molecular complexity index is 620. The fourth-order valence-electron chi connectivity index (χ4n) is 3.18. The molecule has 0 bridgehead atoms. The van der Waals surface area contributed by atoms with Crippen LogP contribution in [0.5, 0.6) is 11.5 Å². The summed E-state index contributed by atoms with van der Waals surface area (Å²) in [6.45, 7) is 5.06. The molecule has 3 N–H and O–H groups in total. The van der Waals surface area contributed by atoms with Gasteiger partial charge in [0.15, 0.2) is 0 Å². The number of primary amides is 1. The molecule has 2 rings (SSSR count). The van der Waals surface area contributed by atoms with Crippen LogP contribution in [-0.2, 0) is 4.79 Å². The molecule has 1 fully saturated rings. The Morgan fingerprint density at radius 3 is 2.32 bits per heavy atom. The molecule has 138 valence electrons. The summed E-state index contributed by atoms with van der Waals surface area (Å²) in [5.74, 6) is 0.902. The second kappa shape index (κ2) is 8.09. The Kier molecular flexibility index (Phi) is 6.12. The summed E-state index contributed by atoms with van der Waals surface area (Å²) in [7, 11) is 3.18. The number of benzene rings is 1. The van der Waals surface area contributed by atoms with Gasteiger partial charge in [-0.25, -0.2) is 4.79 Å². The Balaban J connectivity index is 2.19. The van der Waals surface area contributed by atoms with Gasteiger partial charge in [0.1, 0.15) is 11.5 Å². The van der Waals surface area contributed by atoms with Crippen LogP contribution < -0.4 is 20.5 Å². The largest absolute Gasteiger partial charge is 0.496 e. The predicted octanol–water partition coefficient (Wildman–Crippen LogP) is 2.56. The second-order valence-electron chi connectivity index (χ2n) is 6.57. The van der Waals surface area contributed by atoms with E-state index in [0.717, 1.165) is 18.4 Å². The molecule has 1 atom stereocenters. The molecule has 1 aromatic rings. The zero-order valence-electron chi connectivity index (χ0n) is 15.3. The van der Waals surface area contributed by atoms with Crippen molar-refractivity contribution in [1.29, 1.82) is 0 Å². The summed E-state index contributed by atoms with van der Waals surface area (Å²) in [5.41, 5.74) is 6.91. The molecule has 1 aliphatic heterocycles. The standard InChI is InChI=1S/C18H27N3O4/c1-11(2)16-14(24-3)8-13(9-15(16)25-4)20-18(23)21-7-5-6-12(10-21)17(19)22/h8-9,11-12H,5-7,10H2,1-4H3,(H2,19,22)(H,20,23)/t12-/m1/s1. The van der Waals surface area contributed by atoms with Crippen LogP contribution in [0.2, 0.25) is 0 Å². The van der Waals surface area contributed by atoms with Crippen LogP contribution in [0.25, 0.3) is 0 Å². The first-order valence-electron chi connectivity index (χ1n) is 8.48. The highest BCUT2D eigenvalue weighted by Gasteiger charge is 2.27. The van der Waals surface area contributed by atoms with E-state index in [4.69, 9.17) is 15.2 Å². The van der Waals surface area contributed by atoms with Crippen molar-refractivity contribution < 1.29 is 19.1 Å². The SMILES string of the molecule is COc1cc(NC(=O)N2CCC[C@@H](C(N)=O)C2)cc(OC)c1C(C)C. The minimum absolute atomic E-state index is 0.216. The number of carbonyl (C=O) groups is 2. The molecule has 25 heavy (non-hydrogen) atoms. The van der Waals surface area contributed by atoms with Crippen molar-refractivity contribution in [3.63, 3.8) is 0 Å². The number of carbonyl (C=O) groups excluding carboxylic acids is 2. The van der Waals surface area contributed by atoms with Crippen molar-refractivity contribution in [3.05, 3.63) is 17.7 Å². The summed E-state index contributed by atoms with van der Waals surface area (Å²) >= 11 is 0. The molecule has 1 heterocycles. The van der Waals surface area contributed by atoms with Gasteiger partial charge < -0.3 is 25.4 Å². The molecule has 1 aromatic carbocycles. The van der Waals surface area contributed by atoms with Crippen LogP contribution in [0.3, 0.4) is 0 Å². The van der Waals surface area contributed by atoms with E-state index in [9.17, 15) is 9.59 Å². The lowest BCUT2D eigenvalue weighted by Crippen LogP contribution is -2.45. The van der Waals surface area contributed by atoms with E-state index in [1.807, 2.05) is 0 Å². The van der Waals surface area contributed by atoms with Crippen molar-refractivity contribution in [2.24, 2.45) is 11.7 Å². The van der Waals surface area contributed by atoms with Crippen molar-refractivity contribution in [3.8, 4) is 11.5 Å². The fourth-order valence-corrected chi connectivity index (χ4v) is 3.18. The van der Waals surface area contributed by atoms with Gasteiger partial charge in [0, 0.05) is 36.5 Å². The number of nitrogens with one attached hydrogen (secondary N) is 1. The number of anilines is 1. The maximum Gasteiger partial charge on any atom is 0.321 e. The zero-order chi connectivity index (χ0) is 18.6. The smallest absolute Gasteiger partial charge is 0.321 e. The predicted molar refractivity (Wildman–Crippen MR) is 96.1 cm³/mol. The van der Waals surface area contributed by atoms with E-state index in [-0.39, 0.29) is 23.8 Å². The summed E-state index contributed by atoms with van der Waals surface area (Å²) in [6, 6.07) is 3.31. The lowest BCUT2D eigenvalue weighted by Gasteiger charge is -2.31. The number of urea groups is 1. The first-order chi connectivity index (χ1) is 11.9. The van der Waals surface area contributed by atoms with Gasteiger partial charge in [0.2, 0.25) is 5.91 Å². The van der Waals surface area contributed by atoms with Crippen LogP contribution in [0.15, 0.2) is 12.1 Å². The van der Waals surface area contributed by atoms with E-state index in [1.54, 1.807) is 31.3 Å². The molecule has 7 heteroatoms. The molecule has 0 spiro atoms. The minimum atomic E-state index is -0.359. The molecular weight excluding hydrogens is 322 g/mol. The Morgan fingerprint density at radius 1 is 1.24 bits per heavy atom. The topological polar surface area (TPSA) is 93.9 Å². The number of amides is 3. The molecule has 0 unspecified atom stereocenters. The Morgan fingerprint density at radius 2 is 1.84 bits per heavy atom. The van der Waals surface area contributed by atoms with Gasteiger partial charge in [-0.1, -0.05) is 13.8 Å². The lowest BCUT2D eigenvalue weighted by atomic mass is 9.98. The number of nitrogens with zero attached hydrogens (tertiary/aromatic N) is 1. The molecule has 7 nitrogen and oxygen atoms in total. The number of piperidine rings is 1. The number of likely N-dealkylation sites (tertiary alicyclic amines) is 1. The lowest BCUT2D eigenvalue weighted by molar-refractivity contribution is -0.123. The number of hydrogen-bond acceptors (Lipinski definition) is 4. The van der Waals surface area contributed by atoms with Gasteiger partial charge in [0.25, 0.3) is 0 Å². The third-order valence-electron chi connectivity index (χ3n) is 4.48. The zero-order valence-corrected chi connectivity index (χ0v) is 15.3. The number of hydrogen-bond donors (Lipinski definition) is 2. The van der Waals surface area contributed by atoms with Crippen LogP contribution in [0.1, 0.15) is 38.2 Å². The number of methoxy groups -OCH3 is 2. The van der Waals surface area contributed by atoms with Gasteiger partial charge in [-0.3, -0.25) is 4.79 Å². The number of nitrogens with two attached hydrogens (primary N) is 1. The summed E-state index contributed by atoms with van der Waals surface area (Å²) in [5, 5.41) is 2.86. The quantitative estimate of drug-likeness (QED) is 0.854. The Hall–Kier alpha value is -2.44. The normalized spacial score (nSPS) is 17.3. The molecule has 0 aromatic heterocycles. The number of ether oxygens (including phenoxy) is 2. The van der Waals surface area contributed by atoms with Crippen molar-refractivity contribution in [1.82, 2.24) is 4.90 Å². The van der Waals surface area contributed by atoms with E-state index in [1.165, 1.54) is 0 Å². The molecule has 1 saturated heterocycles. The maximum absolute atomic E-state index is 12.5. The average molecular weight is 349 g/mol. The van der Waals surface area contributed by atoms with Crippen molar-refractivity contribution in [2.45, 2.75) is 32.6 Å². The van der Waals surface area contributed by atoms with Gasteiger partial charge in [-0.15, -0.1) is 0 Å². The number of rotatable bonds is 5. The molecule has 3 amide bonds. The summed E-state index contributed by atoms with van der Waals surface area (Å²) in [6.07, 6.45) is 1.49. The molecule has 0 saturated carbocycles. The van der Waals surface area contributed by atoms with E-state index in [0.29, 0.717) is 30.3 Å². The minimum Gasteiger partial charge on any atom is -0.496 e. The van der Waals surface area contributed by atoms with Gasteiger partial charge in [0.05, 0.1) is 20.1 Å². The van der Waals surface area contributed by atoms with Gasteiger partial charge in [-0.2, -0.15) is 0 Å². The molecule has 0 aliphatic carbocycles. The highest BCUT2D eigenvalue weighted by Crippen LogP contribution is 2.38. The monoisotopic (exact) mass is 349 g/mol. The maximum atomic E-state index is 12.5. The summed E-state index contributed by atoms with van der Waals surface area (Å²) < 4.78 is 10.9. The van der Waals surface area contributed by atoms with Crippen LogP contribution in [0, 0.1) is 5.92 Å². The Labute approximate surface area is 148 Å². The van der Waals surface area contributed by atoms with E-state index >= 15 is 0 Å². The molecular formula is C18H27N3O4. The van der Waals surface area contributed by atoms with Crippen LogP contribution >= 0.6 is 0 Å². The van der Waals surface area contributed by atoms with Gasteiger partial charge >= 0.3 is 6.03 Å². The van der Waals surface area contributed by atoms with Crippen LogP contribution in [0.4, 0.5) is 10.5 Å². The molecule has 0 radical (unpaired) electrons. The van der Waals surface area contributed by atoms with E-state index in [2.05, 4.69) is 19.2 Å². The average Bonchev–Trinajstić information content (AvgIpc) is 2.60. The third-order valence-corrected chi connectivity index (χ3v) is 4.48.